The van der Waals surface area contributed by atoms with Crippen molar-refractivity contribution in [2.24, 2.45) is 0 Å². The van der Waals surface area contributed by atoms with Crippen molar-refractivity contribution in [3.8, 4) is 11.4 Å². The number of carbonyl (C=O) groups is 1. The zero-order valence-electron chi connectivity index (χ0n) is 13.2. The summed E-state index contributed by atoms with van der Waals surface area (Å²) in [6, 6.07) is 9.23. The molecular formula is C18H17FN2O2. The van der Waals surface area contributed by atoms with Gasteiger partial charge in [0.05, 0.1) is 16.6 Å². The molecule has 5 heteroatoms. The van der Waals surface area contributed by atoms with E-state index in [1.165, 1.54) is 6.07 Å². The number of hydrogen-bond donors (Lipinski definition) is 1. The van der Waals surface area contributed by atoms with Gasteiger partial charge in [0, 0.05) is 0 Å². The molecule has 0 radical (unpaired) electrons. The van der Waals surface area contributed by atoms with Crippen molar-refractivity contribution in [2.45, 2.75) is 26.8 Å². The van der Waals surface area contributed by atoms with Crippen LogP contribution in [0.15, 0.2) is 36.4 Å². The Morgan fingerprint density at radius 1 is 1.22 bits per heavy atom. The number of carboxylic acid groups (broad SMARTS) is 1. The van der Waals surface area contributed by atoms with Crippen molar-refractivity contribution >= 4 is 17.0 Å². The molecule has 118 valence electrons. The molecule has 0 aliphatic carbocycles. The third kappa shape index (κ3) is 2.48. The first kappa shape index (κ1) is 15.2. The number of halogens is 1. The lowest BCUT2D eigenvalue weighted by Crippen LogP contribution is -2.16. The average Bonchev–Trinajstić information content (AvgIpc) is 2.85. The van der Waals surface area contributed by atoms with Crippen molar-refractivity contribution in [1.29, 1.82) is 0 Å². The standard InChI is InChI=1S/C18H17FN2O2/c1-10-8-15-16(9-11(10)2)21(12(3)18(22)23)17(20-15)13-6-4-5-7-14(13)19/h4-9,12H,1-3H3,(H,22,23). The highest BCUT2D eigenvalue weighted by Crippen LogP contribution is 2.31. The molecule has 0 saturated carbocycles. The number of aromatic nitrogens is 2. The second-order valence-corrected chi connectivity index (χ2v) is 5.72. The number of rotatable bonds is 3. The summed E-state index contributed by atoms with van der Waals surface area (Å²) in [6.45, 7) is 5.50. The van der Waals surface area contributed by atoms with E-state index in [1.807, 2.05) is 26.0 Å². The molecule has 23 heavy (non-hydrogen) atoms. The van der Waals surface area contributed by atoms with Gasteiger partial charge in [0.1, 0.15) is 17.7 Å². The monoisotopic (exact) mass is 312 g/mol. The van der Waals surface area contributed by atoms with Gasteiger partial charge in [0.15, 0.2) is 0 Å². The van der Waals surface area contributed by atoms with Gasteiger partial charge in [-0.1, -0.05) is 12.1 Å². The lowest BCUT2D eigenvalue weighted by Gasteiger charge is -2.14. The highest BCUT2D eigenvalue weighted by molar-refractivity contribution is 5.85. The minimum atomic E-state index is -0.986. The molecule has 2 aromatic carbocycles. The molecule has 0 fully saturated rings. The smallest absolute Gasteiger partial charge is 0.326 e. The highest BCUT2D eigenvalue weighted by Gasteiger charge is 2.23. The van der Waals surface area contributed by atoms with Gasteiger partial charge >= 0.3 is 5.97 Å². The Hall–Kier alpha value is -2.69. The number of hydrogen-bond acceptors (Lipinski definition) is 2. The predicted molar refractivity (Wildman–Crippen MR) is 86.9 cm³/mol. The molecule has 4 nitrogen and oxygen atoms in total. The Bertz CT molecular complexity index is 915. The van der Waals surface area contributed by atoms with Crippen LogP contribution in [-0.2, 0) is 4.79 Å². The number of carboxylic acids is 1. The summed E-state index contributed by atoms with van der Waals surface area (Å²) >= 11 is 0. The first-order valence-electron chi connectivity index (χ1n) is 7.37. The molecular weight excluding hydrogens is 295 g/mol. The fourth-order valence-electron chi connectivity index (χ4n) is 2.69. The van der Waals surface area contributed by atoms with Crippen molar-refractivity contribution in [2.75, 3.05) is 0 Å². The molecule has 1 aromatic heterocycles. The highest BCUT2D eigenvalue weighted by atomic mass is 19.1. The Balaban J connectivity index is 2.39. The maximum absolute atomic E-state index is 14.2. The van der Waals surface area contributed by atoms with Crippen LogP contribution < -0.4 is 0 Å². The molecule has 1 N–H and O–H groups in total. The summed E-state index contributed by atoms with van der Waals surface area (Å²) < 4.78 is 15.8. The Morgan fingerprint density at radius 2 is 1.87 bits per heavy atom. The fraction of sp³-hybridized carbons (Fsp3) is 0.222. The van der Waals surface area contributed by atoms with Gasteiger partial charge in [0.25, 0.3) is 0 Å². The van der Waals surface area contributed by atoms with Gasteiger partial charge in [-0.2, -0.15) is 0 Å². The summed E-state index contributed by atoms with van der Waals surface area (Å²) in [5.41, 5.74) is 3.76. The van der Waals surface area contributed by atoms with Gasteiger partial charge in [-0.05, 0) is 56.2 Å². The third-order valence-corrected chi connectivity index (χ3v) is 4.16. The molecule has 0 saturated heterocycles. The van der Waals surface area contributed by atoms with Crippen LogP contribution in [0.5, 0.6) is 0 Å². The van der Waals surface area contributed by atoms with Gasteiger partial charge in [0.2, 0.25) is 0 Å². The normalized spacial score (nSPS) is 12.5. The zero-order valence-corrected chi connectivity index (χ0v) is 13.2. The molecule has 1 atom stereocenters. The largest absolute Gasteiger partial charge is 0.480 e. The summed E-state index contributed by atoms with van der Waals surface area (Å²) in [5.74, 6) is -1.08. The molecule has 0 aliphatic heterocycles. The van der Waals surface area contributed by atoms with Crippen molar-refractivity contribution < 1.29 is 14.3 Å². The molecule has 0 aliphatic rings. The molecule has 1 unspecified atom stereocenters. The van der Waals surface area contributed by atoms with E-state index in [1.54, 1.807) is 29.7 Å². The zero-order chi connectivity index (χ0) is 16.7. The first-order valence-corrected chi connectivity index (χ1v) is 7.37. The van der Waals surface area contributed by atoms with Gasteiger partial charge in [-0.25, -0.2) is 14.2 Å². The van der Waals surface area contributed by atoms with Crippen molar-refractivity contribution in [3.05, 3.63) is 53.3 Å². The molecule has 3 aromatic rings. The number of fused-ring (bicyclic) bond motifs is 1. The maximum Gasteiger partial charge on any atom is 0.326 e. The van der Waals surface area contributed by atoms with Crippen LogP contribution in [0.25, 0.3) is 22.4 Å². The van der Waals surface area contributed by atoms with Gasteiger partial charge in [-0.15, -0.1) is 0 Å². The van der Waals surface area contributed by atoms with Crippen LogP contribution >= 0.6 is 0 Å². The van der Waals surface area contributed by atoms with Crippen LogP contribution in [0.2, 0.25) is 0 Å². The van der Waals surface area contributed by atoms with Crippen LogP contribution in [0.1, 0.15) is 24.1 Å². The minimum absolute atomic E-state index is 0.298. The molecule has 1 heterocycles. The van der Waals surface area contributed by atoms with E-state index in [2.05, 4.69) is 4.98 Å². The Kier molecular flexibility index (Phi) is 3.64. The summed E-state index contributed by atoms with van der Waals surface area (Å²) in [4.78, 5) is 16.0. The second kappa shape index (κ2) is 5.50. The van der Waals surface area contributed by atoms with E-state index in [9.17, 15) is 14.3 Å². The average molecular weight is 312 g/mol. The fourth-order valence-corrected chi connectivity index (χ4v) is 2.69. The molecule has 0 bridgehead atoms. The van der Waals surface area contributed by atoms with E-state index in [-0.39, 0.29) is 0 Å². The van der Waals surface area contributed by atoms with Crippen LogP contribution in [0.4, 0.5) is 4.39 Å². The summed E-state index contributed by atoms with van der Waals surface area (Å²) in [6.07, 6.45) is 0. The lowest BCUT2D eigenvalue weighted by molar-refractivity contribution is -0.140. The van der Waals surface area contributed by atoms with Gasteiger partial charge in [-0.3, -0.25) is 0 Å². The molecule has 0 spiro atoms. The number of imidazole rings is 1. The second-order valence-electron chi connectivity index (χ2n) is 5.72. The quantitative estimate of drug-likeness (QED) is 0.792. The molecule has 0 amide bonds. The number of aryl methyl sites for hydroxylation is 2. The van der Waals surface area contributed by atoms with Crippen LogP contribution in [0, 0.1) is 19.7 Å². The number of nitrogens with zero attached hydrogens (tertiary/aromatic N) is 2. The first-order chi connectivity index (χ1) is 10.9. The van der Waals surface area contributed by atoms with E-state index in [0.717, 1.165) is 11.1 Å². The van der Waals surface area contributed by atoms with E-state index in [0.29, 0.717) is 22.4 Å². The van der Waals surface area contributed by atoms with Gasteiger partial charge < -0.3 is 9.67 Å². The predicted octanol–water partition coefficient (Wildman–Crippen LogP) is 4.10. The third-order valence-electron chi connectivity index (χ3n) is 4.16. The van der Waals surface area contributed by atoms with E-state index in [4.69, 9.17) is 0 Å². The Labute approximate surface area is 133 Å². The molecule has 3 rings (SSSR count). The minimum Gasteiger partial charge on any atom is -0.480 e. The van der Waals surface area contributed by atoms with Crippen LogP contribution in [-0.4, -0.2) is 20.6 Å². The topological polar surface area (TPSA) is 55.1 Å². The SMILES string of the molecule is Cc1cc2nc(-c3ccccc3F)n(C(C)C(=O)O)c2cc1C. The van der Waals surface area contributed by atoms with Crippen LogP contribution in [0.3, 0.4) is 0 Å². The lowest BCUT2D eigenvalue weighted by atomic mass is 10.1. The number of aliphatic carboxylic acids is 1. The summed E-state index contributed by atoms with van der Waals surface area (Å²) in [7, 11) is 0. The summed E-state index contributed by atoms with van der Waals surface area (Å²) in [5, 5.41) is 9.44. The maximum atomic E-state index is 14.2. The van der Waals surface area contributed by atoms with Crippen molar-refractivity contribution in [1.82, 2.24) is 9.55 Å². The van der Waals surface area contributed by atoms with Crippen molar-refractivity contribution in [3.63, 3.8) is 0 Å². The van der Waals surface area contributed by atoms with E-state index < -0.39 is 17.8 Å². The Morgan fingerprint density at radius 3 is 2.52 bits per heavy atom. The number of benzene rings is 2. The van der Waals surface area contributed by atoms with E-state index >= 15 is 0 Å².